The third kappa shape index (κ3) is 8.35. The SMILES string of the molecule is CCCCCC1COC(c2ccc(C(F)(F)Oc3ccc(-c4ccc(-c5cc(F)c(S(F)(F)(F)(F)F)c(F)c5)c(F)c4)c(F)c3)c(F)c2)OC1. The fraction of sp³-hybridized carbons (Fsp3) is 0.294. The molecular formula is C34H28F12O3S. The highest BCUT2D eigenvalue weighted by atomic mass is 32.5. The van der Waals surface area contributed by atoms with E-state index in [0.717, 1.165) is 62.1 Å². The van der Waals surface area contributed by atoms with Crippen LogP contribution in [-0.4, -0.2) is 13.2 Å². The van der Waals surface area contributed by atoms with Crippen LogP contribution in [0.1, 0.15) is 50.0 Å². The Bertz CT molecular complexity index is 1870. The van der Waals surface area contributed by atoms with E-state index < -0.39 is 84.6 Å². The average molecular weight is 745 g/mol. The molecule has 272 valence electrons. The van der Waals surface area contributed by atoms with Crippen LogP contribution in [0, 0.1) is 35.0 Å². The van der Waals surface area contributed by atoms with Gasteiger partial charge in [0.1, 0.15) is 34.8 Å². The second-order valence-electron chi connectivity index (χ2n) is 11.8. The number of unbranched alkanes of at least 4 members (excludes halogenated alkanes) is 2. The lowest BCUT2D eigenvalue weighted by atomic mass is 9.99. The molecule has 0 atom stereocenters. The van der Waals surface area contributed by atoms with Crippen LogP contribution >= 0.6 is 10.2 Å². The number of alkyl halides is 2. The number of ether oxygens (including phenoxy) is 3. The van der Waals surface area contributed by atoms with Crippen molar-refractivity contribution in [2.75, 3.05) is 13.2 Å². The van der Waals surface area contributed by atoms with E-state index in [4.69, 9.17) is 9.47 Å². The first-order chi connectivity index (χ1) is 23.2. The van der Waals surface area contributed by atoms with Gasteiger partial charge in [0.25, 0.3) is 0 Å². The first-order valence-electron chi connectivity index (χ1n) is 15.1. The molecule has 0 unspecified atom stereocenters. The molecule has 1 aliphatic heterocycles. The lowest BCUT2D eigenvalue weighted by molar-refractivity contribution is -0.206. The lowest BCUT2D eigenvalue weighted by Crippen LogP contribution is -2.27. The molecule has 1 saturated heterocycles. The Kier molecular flexibility index (Phi) is 9.73. The van der Waals surface area contributed by atoms with Crippen LogP contribution in [0.4, 0.5) is 50.2 Å². The van der Waals surface area contributed by atoms with E-state index in [1.807, 2.05) is 0 Å². The van der Waals surface area contributed by atoms with E-state index in [0.29, 0.717) is 25.3 Å². The van der Waals surface area contributed by atoms with E-state index in [9.17, 15) is 37.0 Å². The van der Waals surface area contributed by atoms with Crippen molar-refractivity contribution < 1.29 is 64.4 Å². The summed E-state index contributed by atoms with van der Waals surface area (Å²) in [6.07, 6.45) is -1.22. The van der Waals surface area contributed by atoms with Gasteiger partial charge in [-0.25, -0.2) is 22.0 Å². The smallest absolute Gasteiger partial charge is 0.429 e. The van der Waals surface area contributed by atoms with Gasteiger partial charge in [0.05, 0.1) is 18.8 Å². The van der Waals surface area contributed by atoms with Gasteiger partial charge in [0, 0.05) is 28.7 Å². The number of rotatable bonds is 11. The maximum Gasteiger partial charge on any atom is 0.429 e. The van der Waals surface area contributed by atoms with Gasteiger partial charge in [-0.3, -0.25) is 0 Å². The quantitative estimate of drug-likeness (QED) is 0.113. The Morgan fingerprint density at radius 3 is 1.82 bits per heavy atom. The normalized spacial score (nSPS) is 18.4. The summed E-state index contributed by atoms with van der Waals surface area (Å²) in [4.78, 5) is -3.38. The third-order valence-electron chi connectivity index (χ3n) is 7.92. The van der Waals surface area contributed by atoms with Crippen LogP contribution in [0.3, 0.4) is 0 Å². The summed E-state index contributed by atoms with van der Waals surface area (Å²) < 4.78 is 184. The summed E-state index contributed by atoms with van der Waals surface area (Å²) in [7, 11) is -10.8. The van der Waals surface area contributed by atoms with Gasteiger partial charge in [-0.1, -0.05) is 63.8 Å². The van der Waals surface area contributed by atoms with Gasteiger partial charge in [-0.15, -0.1) is 0 Å². The number of halogens is 12. The van der Waals surface area contributed by atoms with Crippen molar-refractivity contribution in [3.05, 3.63) is 107 Å². The van der Waals surface area contributed by atoms with Gasteiger partial charge < -0.3 is 14.2 Å². The van der Waals surface area contributed by atoms with E-state index in [2.05, 4.69) is 11.7 Å². The van der Waals surface area contributed by atoms with Crippen molar-refractivity contribution in [3.8, 4) is 28.0 Å². The molecule has 1 fully saturated rings. The zero-order valence-corrected chi connectivity index (χ0v) is 26.7. The summed E-state index contributed by atoms with van der Waals surface area (Å²) in [5.74, 6) is -9.85. The molecule has 1 aliphatic rings. The largest absolute Gasteiger partial charge is 0.429 e. The molecule has 0 spiro atoms. The van der Waals surface area contributed by atoms with E-state index in [1.54, 1.807) is 0 Å². The molecule has 0 N–H and O–H groups in total. The van der Waals surface area contributed by atoms with E-state index in [-0.39, 0.29) is 29.2 Å². The molecule has 3 nitrogen and oxygen atoms in total. The molecule has 4 aromatic rings. The van der Waals surface area contributed by atoms with E-state index in [1.165, 1.54) is 6.07 Å². The van der Waals surface area contributed by atoms with Crippen molar-refractivity contribution >= 4 is 10.2 Å². The van der Waals surface area contributed by atoms with Gasteiger partial charge in [0.15, 0.2) is 11.2 Å². The fourth-order valence-corrected chi connectivity index (χ4v) is 6.35. The van der Waals surface area contributed by atoms with Gasteiger partial charge in [-0.05, 0) is 60.0 Å². The van der Waals surface area contributed by atoms with Crippen molar-refractivity contribution in [3.63, 3.8) is 0 Å². The maximum absolute atomic E-state index is 15.0. The predicted octanol–water partition coefficient (Wildman–Crippen LogP) is 12.7. The molecule has 0 saturated carbocycles. The Morgan fingerprint density at radius 2 is 1.26 bits per heavy atom. The van der Waals surface area contributed by atoms with Crippen LogP contribution in [-0.2, 0) is 15.6 Å². The summed E-state index contributed by atoms with van der Waals surface area (Å²) in [6, 6.07) is 7.19. The molecule has 50 heavy (non-hydrogen) atoms. The second-order valence-corrected chi connectivity index (χ2v) is 14.1. The summed E-state index contributed by atoms with van der Waals surface area (Å²) in [5.41, 5.74) is -3.24. The van der Waals surface area contributed by atoms with Crippen molar-refractivity contribution in [1.29, 1.82) is 0 Å². The molecular weight excluding hydrogens is 716 g/mol. The van der Waals surface area contributed by atoms with Crippen molar-refractivity contribution in [2.45, 2.75) is 49.9 Å². The monoisotopic (exact) mass is 744 g/mol. The Labute approximate surface area is 278 Å². The first kappa shape index (κ1) is 37.4. The lowest BCUT2D eigenvalue weighted by Gasteiger charge is -2.40. The Balaban J connectivity index is 1.30. The minimum Gasteiger partial charge on any atom is -0.429 e. The van der Waals surface area contributed by atoms with Gasteiger partial charge in [0.2, 0.25) is 0 Å². The van der Waals surface area contributed by atoms with Gasteiger partial charge >= 0.3 is 16.3 Å². The second kappa shape index (κ2) is 13.0. The van der Waals surface area contributed by atoms with Gasteiger partial charge in [-0.2, -0.15) is 8.78 Å². The summed E-state index contributed by atoms with van der Waals surface area (Å²) >= 11 is 0. The first-order valence-corrected chi connectivity index (χ1v) is 17.0. The number of hydrogen-bond donors (Lipinski definition) is 0. The molecule has 16 heteroatoms. The molecule has 0 aliphatic carbocycles. The molecule has 0 radical (unpaired) electrons. The topological polar surface area (TPSA) is 27.7 Å². The Morgan fingerprint density at radius 1 is 0.680 bits per heavy atom. The molecule has 0 bridgehead atoms. The maximum atomic E-state index is 15.0. The van der Waals surface area contributed by atoms with Crippen LogP contribution in [0.15, 0.2) is 71.6 Å². The van der Waals surface area contributed by atoms with Crippen molar-refractivity contribution in [2.24, 2.45) is 5.92 Å². The molecule has 0 aromatic heterocycles. The van der Waals surface area contributed by atoms with E-state index >= 15 is 13.2 Å². The standard InChI is InChI=1S/C34H28F12O3S/c1-2-3-4-5-19-17-47-33(48-18-19)21-7-11-26(29(37)13-21)34(40,41)49-23-8-10-24(28(36)16-23)20-6-9-25(27(35)12-20)22-14-30(38)32(31(39)15-22)50(42,43,44,45)46/h6-16,19,33H,2-5,17-18H2,1H3. The van der Waals surface area contributed by atoms with Crippen LogP contribution in [0.2, 0.25) is 0 Å². The minimum atomic E-state index is -10.8. The highest BCUT2D eigenvalue weighted by molar-refractivity contribution is 8.45. The zero-order valence-electron chi connectivity index (χ0n) is 25.9. The Hall–Kier alpha value is -3.89. The molecule has 5 rings (SSSR count). The zero-order chi connectivity index (χ0) is 36.7. The number of hydrogen-bond acceptors (Lipinski definition) is 3. The van der Waals surface area contributed by atoms with Crippen molar-refractivity contribution in [1.82, 2.24) is 0 Å². The fourth-order valence-electron chi connectivity index (χ4n) is 5.50. The average Bonchev–Trinajstić information content (AvgIpc) is 2.99. The molecule has 1 heterocycles. The van der Waals surface area contributed by atoms with Crippen LogP contribution in [0.5, 0.6) is 5.75 Å². The third-order valence-corrected chi connectivity index (χ3v) is 9.08. The number of benzene rings is 4. The molecule has 0 amide bonds. The molecule has 4 aromatic carbocycles. The highest BCUT2D eigenvalue weighted by Crippen LogP contribution is 3.02. The van der Waals surface area contributed by atoms with Crippen LogP contribution in [0.25, 0.3) is 22.3 Å². The van der Waals surface area contributed by atoms with Crippen LogP contribution < -0.4 is 4.74 Å². The minimum absolute atomic E-state index is 0.125. The summed E-state index contributed by atoms with van der Waals surface area (Å²) in [5, 5.41) is 0. The predicted molar refractivity (Wildman–Crippen MR) is 162 cm³/mol. The summed E-state index contributed by atoms with van der Waals surface area (Å²) in [6.45, 7) is 2.80. The highest BCUT2D eigenvalue weighted by Gasteiger charge is 2.69.